The zero-order valence-corrected chi connectivity index (χ0v) is 21.7. The largest absolute Gasteiger partial charge is 0.416 e. The summed E-state index contributed by atoms with van der Waals surface area (Å²) in [4.78, 5) is 43.5. The third kappa shape index (κ3) is 7.09. The van der Waals surface area contributed by atoms with Gasteiger partial charge in [0.25, 0.3) is 0 Å². The number of alkyl halides is 3. The predicted octanol–water partition coefficient (Wildman–Crippen LogP) is 3.49. The maximum Gasteiger partial charge on any atom is 0.416 e. The lowest BCUT2D eigenvalue weighted by molar-refractivity contribution is -0.145. The Morgan fingerprint density at radius 3 is 2.34 bits per heavy atom. The van der Waals surface area contributed by atoms with Gasteiger partial charge in [-0.25, -0.2) is 0 Å². The fourth-order valence-electron chi connectivity index (χ4n) is 4.56. The Labute approximate surface area is 227 Å². The molecule has 1 unspecified atom stereocenters. The molecular formula is C25H26Cl2F3N5O3. The molecule has 204 valence electrons. The zero-order valence-electron chi connectivity index (χ0n) is 20.2. The van der Waals surface area contributed by atoms with Gasteiger partial charge in [0.1, 0.15) is 6.04 Å². The van der Waals surface area contributed by atoms with Gasteiger partial charge in [0.05, 0.1) is 18.5 Å². The van der Waals surface area contributed by atoms with E-state index >= 15 is 0 Å². The smallest absolute Gasteiger partial charge is 0.369 e. The van der Waals surface area contributed by atoms with E-state index in [-0.39, 0.29) is 32.0 Å². The van der Waals surface area contributed by atoms with Crippen LogP contribution in [0.25, 0.3) is 0 Å². The highest BCUT2D eigenvalue weighted by molar-refractivity contribution is 6.35. The molecule has 4 rings (SSSR count). The van der Waals surface area contributed by atoms with Gasteiger partial charge in [0.15, 0.2) is 0 Å². The van der Waals surface area contributed by atoms with Crippen molar-refractivity contribution in [1.82, 2.24) is 15.1 Å². The van der Waals surface area contributed by atoms with Crippen molar-refractivity contribution in [3.8, 4) is 0 Å². The van der Waals surface area contributed by atoms with Crippen molar-refractivity contribution in [3.63, 3.8) is 0 Å². The molecule has 0 aliphatic carbocycles. The Kier molecular flexibility index (Phi) is 8.69. The molecule has 2 saturated heterocycles. The number of hydrogen-bond acceptors (Lipinski definition) is 5. The number of carbonyl (C=O) groups is 3. The van der Waals surface area contributed by atoms with Gasteiger partial charge in [-0.15, -0.1) is 0 Å². The molecule has 2 heterocycles. The van der Waals surface area contributed by atoms with E-state index in [4.69, 9.17) is 23.2 Å². The van der Waals surface area contributed by atoms with E-state index in [0.717, 1.165) is 12.1 Å². The number of nitrogens with zero attached hydrogens (tertiary/aromatic N) is 3. The van der Waals surface area contributed by atoms with Crippen LogP contribution in [0.15, 0.2) is 42.5 Å². The Morgan fingerprint density at radius 1 is 1.00 bits per heavy atom. The number of anilines is 2. The lowest BCUT2D eigenvalue weighted by Gasteiger charge is -2.39. The Balaban J connectivity index is 1.33. The molecular weight excluding hydrogens is 546 g/mol. The lowest BCUT2D eigenvalue weighted by atomic mass is 10.1. The molecule has 13 heteroatoms. The third-order valence-corrected chi connectivity index (χ3v) is 6.88. The summed E-state index contributed by atoms with van der Waals surface area (Å²) < 4.78 is 39.2. The van der Waals surface area contributed by atoms with Crippen molar-refractivity contribution >= 4 is 52.3 Å². The van der Waals surface area contributed by atoms with E-state index in [0.29, 0.717) is 47.6 Å². The molecule has 0 aromatic heterocycles. The summed E-state index contributed by atoms with van der Waals surface area (Å²) in [7, 11) is 0. The van der Waals surface area contributed by atoms with Crippen molar-refractivity contribution in [2.45, 2.75) is 18.6 Å². The summed E-state index contributed by atoms with van der Waals surface area (Å²) >= 11 is 11.9. The number of nitrogens with one attached hydrogen (secondary N) is 2. The van der Waals surface area contributed by atoms with Gasteiger partial charge >= 0.3 is 6.18 Å². The average molecular weight is 572 g/mol. The molecule has 38 heavy (non-hydrogen) atoms. The summed E-state index contributed by atoms with van der Waals surface area (Å²) in [6.07, 6.45) is -4.66. The SMILES string of the molecule is O=C(CC1C(=O)NCCN1C(=O)CN1CCN(c2cccc(C(F)(F)F)c2)CC1)Nc1cc(Cl)cc(Cl)c1. The Bertz CT molecular complexity index is 1180. The number of halogens is 5. The minimum Gasteiger partial charge on any atom is -0.369 e. The molecule has 2 aromatic rings. The van der Waals surface area contributed by atoms with E-state index in [1.807, 2.05) is 9.80 Å². The van der Waals surface area contributed by atoms with Crippen LogP contribution in [0.4, 0.5) is 24.5 Å². The fraction of sp³-hybridized carbons (Fsp3) is 0.400. The van der Waals surface area contributed by atoms with Crippen LogP contribution < -0.4 is 15.5 Å². The Morgan fingerprint density at radius 2 is 1.68 bits per heavy atom. The van der Waals surface area contributed by atoms with Gasteiger partial charge in [-0.2, -0.15) is 13.2 Å². The molecule has 3 amide bonds. The molecule has 2 aromatic carbocycles. The summed E-state index contributed by atoms with van der Waals surface area (Å²) in [5, 5.41) is 6.03. The number of rotatable bonds is 6. The van der Waals surface area contributed by atoms with Crippen LogP contribution >= 0.6 is 23.2 Å². The van der Waals surface area contributed by atoms with E-state index in [1.54, 1.807) is 6.07 Å². The van der Waals surface area contributed by atoms with Crippen LogP contribution in [-0.2, 0) is 20.6 Å². The van der Waals surface area contributed by atoms with Gasteiger partial charge in [-0.3, -0.25) is 19.3 Å². The summed E-state index contributed by atoms with van der Waals surface area (Å²) in [6, 6.07) is 8.77. The molecule has 2 aliphatic heterocycles. The highest BCUT2D eigenvalue weighted by Gasteiger charge is 2.36. The topological polar surface area (TPSA) is 85.0 Å². The molecule has 2 fully saturated rings. The first-order valence-corrected chi connectivity index (χ1v) is 12.7. The maximum atomic E-state index is 13.2. The van der Waals surface area contributed by atoms with Crippen LogP contribution in [0, 0.1) is 0 Å². The van der Waals surface area contributed by atoms with Crippen molar-refractivity contribution in [1.29, 1.82) is 0 Å². The van der Waals surface area contributed by atoms with Gasteiger partial charge in [-0.05, 0) is 36.4 Å². The van der Waals surface area contributed by atoms with Gasteiger partial charge in [0, 0.05) is 60.7 Å². The Hall–Kier alpha value is -3.02. The number of amides is 3. The van der Waals surface area contributed by atoms with Crippen LogP contribution in [0.2, 0.25) is 10.0 Å². The number of carbonyl (C=O) groups excluding carboxylic acids is 3. The number of piperazine rings is 2. The standard InChI is InChI=1S/C25H26Cl2F3N5O3/c26-17-11-18(27)13-19(12-17)32-22(36)14-21-24(38)31-4-5-35(21)23(37)15-33-6-8-34(9-7-33)20-3-1-2-16(10-20)25(28,29)30/h1-3,10-13,21H,4-9,14-15H2,(H,31,38)(H,32,36). The molecule has 2 N–H and O–H groups in total. The highest BCUT2D eigenvalue weighted by atomic mass is 35.5. The quantitative estimate of drug-likeness (QED) is 0.554. The summed E-state index contributed by atoms with van der Waals surface area (Å²) in [6.45, 7) is 2.38. The molecule has 0 saturated carbocycles. The van der Waals surface area contributed by atoms with Crippen molar-refractivity contribution < 1.29 is 27.6 Å². The molecule has 0 bridgehead atoms. The second-order valence-corrected chi connectivity index (χ2v) is 9.99. The molecule has 8 nitrogen and oxygen atoms in total. The maximum absolute atomic E-state index is 13.2. The number of benzene rings is 2. The van der Waals surface area contributed by atoms with Gasteiger partial charge < -0.3 is 20.4 Å². The second-order valence-electron chi connectivity index (χ2n) is 9.12. The zero-order chi connectivity index (χ0) is 27.4. The van der Waals surface area contributed by atoms with Crippen LogP contribution in [0.3, 0.4) is 0 Å². The minimum atomic E-state index is -4.42. The molecule has 2 aliphatic rings. The van der Waals surface area contributed by atoms with Crippen LogP contribution in [0.5, 0.6) is 0 Å². The van der Waals surface area contributed by atoms with Gasteiger partial charge in [-0.1, -0.05) is 29.3 Å². The molecule has 0 radical (unpaired) electrons. The first kappa shape index (κ1) is 28.0. The predicted molar refractivity (Wildman–Crippen MR) is 138 cm³/mol. The number of hydrogen-bond donors (Lipinski definition) is 2. The van der Waals surface area contributed by atoms with E-state index in [9.17, 15) is 27.6 Å². The second kappa shape index (κ2) is 11.8. The first-order chi connectivity index (χ1) is 18.0. The normalized spacial score (nSPS) is 18.8. The van der Waals surface area contributed by atoms with E-state index < -0.39 is 29.6 Å². The molecule has 0 spiro atoms. The average Bonchev–Trinajstić information content (AvgIpc) is 2.84. The third-order valence-electron chi connectivity index (χ3n) is 6.45. The van der Waals surface area contributed by atoms with E-state index in [1.165, 1.54) is 29.2 Å². The highest BCUT2D eigenvalue weighted by Crippen LogP contribution is 2.32. The first-order valence-electron chi connectivity index (χ1n) is 12.0. The lowest BCUT2D eigenvalue weighted by Crippen LogP contribution is -2.60. The van der Waals surface area contributed by atoms with Crippen molar-refractivity contribution in [2.75, 3.05) is 56.0 Å². The molecule has 1 atom stereocenters. The van der Waals surface area contributed by atoms with Crippen molar-refractivity contribution in [3.05, 3.63) is 58.1 Å². The van der Waals surface area contributed by atoms with Crippen molar-refractivity contribution in [2.24, 2.45) is 0 Å². The minimum absolute atomic E-state index is 0.0335. The van der Waals surface area contributed by atoms with E-state index in [2.05, 4.69) is 10.6 Å². The fourth-order valence-corrected chi connectivity index (χ4v) is 5.08. The summed E-state index contributed by atoms with van der Waals surface area (Å²) in [5.41, 5.74) is 0.148. The van der Waals surface area contributed by atoms with Crippen LogP contribution in [0.1, 0.15) is 12.0 Å². The van der Waals surface area contributed by atoms with Gasteiger partial charge in [0.2, 0.25) is 17.7 Å². The van der Waals surface area contributed by atoms with Crippen LogP contribution in [-0.4, -0.2) is 79.4 Å². The monoisotopic (exact) mass is 571 g/mol. The summed E-state index contributed by atoms with van der Waals surface area (Å²) in [5.74, 6) is -1.19.